The highest BCUT2D eigenvalue weighted by Crippen LogP contribution is 2.20. The maximum Gasteiger partial charge on any atom is 0.309 e. The van der Waals surface area contributed by atoms with Crippen LogP contribution in [0.5, 0.6) is 0 Å². The Hall–Kier alpha value is -4.46. The van der Waals surface area contributed by atoms with E-state index in [-0.39, 0.29) is 236 Å². The first-order chi connectivity index (χ1) is 63.3. The summed E-state index contributed by atoms with van der Waals surface area (Å²) < 4.78 is 66.2. The quantitative estimate of drug-likeness (QED) is 0.0336. The Morgan fingerprint density at radius 1 is 0.221 bits per heavy atom. The van der Waals surface area contributed by atoms with Crippen molar-refractivity contribution in [2.45, 2.75) is 262 Å². The van der Waals surface area contributed by atoms with Crippen LogP contribution in [-0.4, -0.2) is 332 Å². The Labute approximate surface area is 814 Å². The molecule has 0 heterocycles. The van der Waals surface area contributed by atoms with Gasteiger partial charge in [-0.1, -0.05) is 198 Å². The molecule has 0 bridgehead atoms. The van der Waals surface area contributed by atoms with E-state index in [4.69, 9.17) is 56.8 Å². The van der Waals surface area contributed by atoms with Crippen LogP contribution in [0.4, 0.5) is 0 Å². The first-order valence-electron chi connectivity index (χ1n) is 49.2. The molecule has 0 aromatic carbocycles. The molecule has 6 unspecified atom stereocenters. The van der Waals surface area contributed by atoms with Crippen LogP contribution in [0.25, 0.3) is 0 Å². The first-order valence-corrected chi connectivity index (χ1v) is 56.6. The normalized spacial score (nSPS) is 12.8. The van der Waals surface area contributed by atoms with E-state index >= 15 is 0 Å². The lowest BCUT2D eigenvalue weighted by atomic mass is 10.1. The summed E-state index contributed by atoms with van der Waals surface area (Å²) in [5.74, 6) is -0.0745. The van der Waals surface area contributed by atoms with Gasteiger partial charge in [0.1, 0.15) is 79.3 Å². The minimum atomic E-state index is -0.566. The summed E-state index contributed by atoms with van der Waals surface area (Å²) in [6.45, 7) is 21.5. The number of nitrogens with zero attached hydrogens (tertiary/aromatic N) is 4. The smallest absolute Gasteiger partial charge is 0.309 e. The summed E-state index contributed by atoms with van der Waals surface area (Å²) in [5, 5.41) is 3.30. The molecular formula is C96H175N5O24S6. The van der Waals surface area contributed by atoms with Gasteiger partial charge in [0.2, 0.25) is 0 Å². The van der Waals surface area contributed by atoms with Crippen molar-refractivity contribution in [1.29, 1.82) is 0 Å². The first kappa shape index (κ1) is 127. The SMILES string of the molecule is CCCCCCCCSCC(C)C(=O)OCCOC(=O)CCNCCN(CCC(=O)OCCOC(=O)C(C)CSC)CCN(CCC(=O)OCCOC(=O)C(C)CSC)CCN(CCC(=O)OCCOC(=O)C(C)CSCCCCCCCC)CCN(CCC(=O)OCCOC(=O)C(C)CSCCCCCCCC)CCC(=O)OCCOC(=O)C(C)CSCCCCCCCC. The van der Waals surface area contributed by atoms with Gasteiger partial charge in [-0.05, 0) is 61.2 Å². The summed E-state index contributed by atoms with van der Waals surface area (Å²) in [6, 6.07) is 0. The molecule has 0 aromatic rings. The number of carbonyl (C=O) groups excluding carboxylic acids is 12. The fourth-order valence-electron chi connectivity index (χ4n) is 12.9. The molecule has 0 rings (SSSR count). The van der Waals surface area contributed by atoms with Gasteiger partial charge < -0.3 is 81.8 Å². The molecule has 0 saturated heterocycles. The van der Waals surface area contributed by atoms with Crippen LogP contribution in [0.2, 0.25) is 0 Å². The second-order valence-corrected chi connectivity index (χ2v) is 40.1. The molecule has 0 aliphatic carbocycles. The van der Waals surface area contributed by atoms with Crippen LogP contribution in [0.3, 0.4) is 0 Å². The Kier molecular flexibility index (Phi) is 87.6. The minimum absolute atomic E-state index is 0.0192. The standard InChI is InChI=1S/C96H175N5O24S6/c1-13-17-21-25-29-33-69-128-75-81(7)93(110)122-63-57-114-85(102)37-43-97-44-50-99(47-40-88(105)117-58-64-120-91(108)79(5)73-126-11)52-54-101(49-42-90(107)118-59-65-121-92(109)80(6)74-127-12)56-55-100(48-41-89(106)119-62-68-125-96(113)84(10)78-131-72-36-32-28-24-20-16-4)53-51-98(45-38-86(103)115-60-66-123-94(111)82(8)76-129-70-34-30-26-22-18-14-2)46-39-87(104)116-61-67-124-95(112)83(9)77-130-71-35-31-27-23-19-15-3/h79-84,97H,13-78H2,1-12H3. The zero-order valence-corrected chi connectivity index (χ0v) is 87.6. The maximum absolute atomic E-state index is 13.8. The number of unbranched alkanes of at least 4 members (excludes halogenated alkanes) is 20. The largest absolute Gasteiger partial charge is 0.462 e. The summed E-state index contributed by atoms with van der Waals surface area (Å²) >= 11 is 9.94. The Bertz CT molecular complexity index is 2860. The van der Waals surface area contributed by atoms with E-state index in [1.165, 1.54) is 133 Å². The zero-order chi connectivity index (χ0) is 96.8. The summed E-state index contributed by atoms with van der Waals surface area (Å²) in [7, 11) is 0. The number of hydrogen-bond donors (Lipinski definition) is 1. The summed E-state index contributed by atoms with van der Waals surface area (Å²) in [6.07, 6.45) is 31.9. The lowest BCUT2D eigenvalue weighted by Gasteiger charge is -2.31. The van der Waals surface area contributed by atoms with Crippen molar-refractivity contribution < 1.29 is 114 Å². The molecule has 1 N–H and O–H groups in total. The van der Waals surface area contributed by atoms with Gasteiger partial charge in [0.25, 0.3) is 0 Å². The highest BCUT2D eigenvalue weighted by atomic mass is 32.2. The molecule has 0 spiro atoms. The second kappa shape index (κ2) is 90.7. The summed E-state index contributed by atoms with van der Waals surface area (Å²) in [5.41, 5.74) is 0. The fraction of sp³-hybridized carbons (Fsp3) is 0.875. The Balaban J connectivity index is 7.18. The van der Waals surface area contributed by atoms with Crippen molar-refractivity contribution in [3.05, 3.63) is 0 Å². The van der Waals surface area contributed by atoms with Gasteiger partial charge >= 0.3 is 71.6 Å². The van der Waals surface area contributed by atoms with Gasteiger partial charge in [-0.25, -0.2) is 0 Å². The van der Waals surface area contributed by atoms with Gasteiger partial charge in [0.15, 0.2) is 0 Å². The molecule has 35 heteroatoms. The van der Waals surface area contributed by atoms with Crippen LogP contribution in [0.15, 0.2) is 0 Å². The van der Waals surface area contributed by atoms with Gasteiger partial charge in [-0.15, -0.1) is 0 Å². The van der Waals surface area contributed by atoms with Gasteiger partial charge in [-0.2, -0.15) is 70.6 Å². The lowest BCUT2D eigenvalue weighted by Crippen LogP contribution is -2.44. The molecule has 0 fully saturated rings. The van der Waals surface area contributed by atoms with E-state index in [0.717, 1.165) is 68.0 Å². The lowest BCUT2D eigenvalue weighted by molar-refractivity contribution is -0.154. The highest BCUT2D eigenvalue weighted by molar-refractivity contribution is 8.00. The van der Waals surface area contributed by atoms with Crippen molar-refractivity contribution in [3.8, 4) is 0 Å². The highest BCUT2D eigenvalue weighted by Gasteiger charge is 2.25. The van der Waals surface area contributed by atoms with E-state index in [0.29, 0.717) is 67.2 Å². The summed E-state index contributed by atoms with van der Waals surface area (Å²) in [4.78, 5) is 166. The fourth-order valence-corrected chi connectivity index (χ4v) is 18.5. The third kappa shape index (κ3) is 79.2. The number of ether oxygens (including phenoxy) is 12. The average molecular weight is 1980 g/mol. The molecule has 0 saturated carbocycles. The van der Waals surface area contributed by atoms with Crippen LogP contribution in [-0.2, 0) is 114 Å². The van der Waals surface area contributed by atoms with Crippen LogP contribution < -0.4 is 5.32 Å². The molecule has 764 valence electrons. The van der Waals surface area contributed by atoms with Crippen LogP contribution in [0.1, 0.15) is 262 Å². The molecule has 0 aliphatic heterocycles. The molecule has 6 atom stereocenters. The van der Waals surface area contributed by atoms with Gasteiger partial charge in [0, 0.05) is 126 Å². The van der Waals surface area contributed by atoms with Crippen molar-refractivity contribution in [2.24, 2.45) is 35.5 Å². The predicted octanol–water partition coefficient (Wildman–Crippen LogP) is 15.6. The molecule has 0 aliphatic rings. The molecule has 0 aromatic heterocycles. The Morgan fingerprint density at radius 2 is 0.405 bits per heavy atom. The molecule has 0 amide bonds. The van der Waals surface area contributed by atoms with E-state index in [2.05, 4.69) is 33.0 Å². The Morgan fingerprint density at radius 3 is 0.626 bits per heavy atom. The van der Waals surface area contributed by atoms with Crippen LogP contribution >= 0.6 is 70.6 Å². The van der Waals surface area contributed by atoms with Crippen molar-refractivity contribution in [2.75, 3.05) is 241 Å². The van der Waals surface area contributed by atoms with E-state index in [1.807, 2.05) is 59.8 Å². The molecule has 131 heavy (non-hydrogen) atoms. The topological polar surface area (TPSA) is 341 Å². The van der Waals surface area contributed by atoms with E-state index < -0.39 is 47.8 Å². The number of carbonyl (C=O) groups is 12. The molecular weight excluding hydrogens is 1800 g/mol. The molecule has 0 radical (unpaired) electrons. The third-order valence-electron chi connectivity index (χ3n) is 21.3. The third-order valence-corrected chi connectivity index (χ3v) is 28.2. The number of hydrogen-bond acceptors (Lipinski definition) is 35. The van der Waals surface area contributed by atoms with E-state index in [1.54, 1.807) is 60.9 Å². The average Bonchev–Trinajstić information content (AvgIpc) is 0.917. The molecule has 29 nitrogen and oxygen atoms in total. The monoisotopic (exact) mass is 1970 g/mol. The van der Waals surface area contributed by atoms with Crippen LogP contribution in [0, 0.1) is 35.5 Å². The number of rotatable bonds is 94. The van der Waals surface area contributed by atoms with Gasteiger partial charge in [-0.3, -0.25) is 57.5 Å². The van der Waals surface area contributed by atoms with Crippen molar-refractivity contribution >= 4 is 142 Å². The number of thioether (sulfide) groups is 6. The van der Waals surface area contributed by atoms with Crippen molar-refractivity contribution in [1.82, 2.24) is 24.9 Å². The second-order valence-electron chi connectivity index (χ2n) is 33.6. The number of nitrogens with one attached hydrogen (secondary N) is 1. The predicted molar refractivity (Wildman–Crippen MR) is 532 cm³/mol. The number of esters is 12. The maximum atomic E-state index is 13.8. The van der Waals surface area contributed by atoms with E-state index in [9.17, 15) is 57.5 Å². The van der Waals surface area contributed by atoms with Crippen molar-refractivity contribution in [3.63, 3.8) is 0 Å². The minimum Gasteiger partial charge on any atom is -0.462 e. The zero-order valence-electron chi connectivity index (χ0n) is 82.7. The van der Waals surface area contributed by atoms with Gasteiger partial charge in [0.05, 0.1) is 74.0 Å².